The van der Waals surface area contributed by atoms with Gasteiger partial charge < -0.3 is 10.6 Å². The highest BCUT2D eigenvalue weighted by molar-refractivity contribution is 7.12. The molecule has 0 spiro atoms. The maximum absolute atomic E-state index is 11.8. The third-order valence-electron chi connectivity index (χ3n) is 3.59. The molecule has 1 amide bonds. The van der Waals surface area contributed by atoms with Gasteiger partial charge in [-0.3, -0.25) is 9.78 Å². The van der Waals surface area contributed by atoms with Gasteiger partial charge in [-0.05, 0) is 49.9 Å². The van der Waals surface area contributed by atoms with Gasteiger partial charge in [-0.1, -0.05) is 0 Å². The van der Waals surface area contributed by atoms with Crippen LogP contribution in [0.3, 0.4) is 0 Å². The Morgan fingerprint density at radius 2 is 2.29 bits per heavy atom. The number of carbonyl (C=O) groups excluding carboxylic acids is 1. The molecule has 2 aromatic heterocycles. The minimum Gasteiger partial charge on any atom is -0.380 e. The molecule has 0 bridgehead atoms. The van der Waals surface area contributed by atoms with E-state index in [1.165, 1.54) is 29.7 Å². The monoisotopic (exact) mass is 301 g/mol. The van der Waals surface area contributed by atoms with Crippen LogP contribution in [0.1, 0.15) is 39.2 Å². The van der Waals surface area contributed by atoms with Crippen LogP contribution in [0, 0.1) is 0 Å². The van der Waals surface area contributed by atoms with Crippen LogP contribution in [0.25, 0.3) is 0 Å². The van der Waals surface area contributed by atoms with Crippen molar-refractivity contribution in [3.63, 3.8) is 0 Å². The van der Waals surface area contributed by atoms with Crippen molar-refractivity contribution in [1.29, 1.82) is 0 Å². The standard InChI is InChI=1S/C16H19N3OS/c1-2-17-16(20)14-9-12(6-7-18-14)19-10-13-8-11-4-3-5-15(11)21-13/h6-9H,2-5,10H2,1H3,(H,17,20)(H,18,19). The predicted octanol–water partition coefficient (Wildman–Crippen LogP) is 2.99. The van der Waals surface area contributed by atoms with Crippen molar-refractivity contribution in [3.8, 4) is 0 Å². The molecule has 1 aliphatic rings. The summed E-state index contributed by atoms with van der Waals surface area (Å²) in [4.78, 5) is 18.8. The average Bonchev–Trinajstić information content (AvgIpc) is 3.07. The molecule has 4 nitrogen and oxygen atoms in total. The first-order valence-corrected chi connectivity index (χ1v) is 8.16. The predicted molar refractivity (Wildman–Crippen MR) is 85.9 cm³/mol. The Morgan fingerprint density at radius 3 is 3.10 bits per heavy atom. The lowest BCUT2D eigenvalue weighted by molar-refractivity contribution is 0.0951. The Hall–Kier alpha value is -1.88. The molecule has 21 heavy (non-hydrogen) atoms. The first-order chi connectivity index (χ1) is 10.3. The van der Waals surface area contributed by atoms with E-state index in [0.717, 1.165) is 12.2 Å². The zero-order chi connectivity index (χ0) is 14.7. The van der Waals surface area contributed by atoms with Crippen LogP contribution in [0.2, 0.25) is 0 Å². The highest BCUT2D eigenvalue weighted by Crippen LogP contribution is 2.30. The number of fused-ring (bicyclic) bond motifs is 1. The fourth-order valence-corrected chi connectivity index (χ4v) is 3.78. The molecule has 1 aliphatic carbocycles. The van der Waals surface area contributed by atoms with Gasteiger partial charge in [-0.2, -0.15) is 0 Å². The number of nitrogens with one attached hydrogen (secondary N) is 2. The van der Waals surface area contributed by atoms with Crippen molar-refractivity contribution in [2.24, 2.45) is 0 Å². The van der Waals surface area contributed by atoms with Gasteiger partial charge in [0.1, 0.15) is 5.69 Å². The number of amides is 1. The molecule has 3 rings (SSSR count). The third-order valence-corrected chi connectivity index (χ3v) is 4.83. The lowest BCUT2D eigenvalue weighted by Crippen LogP contribution is -2.23. The van der Waals surface area contributed by atoms with E-state index < -0.39 is 0 Å². The normalized spacial score (nSPS) is 13.0. The summed E-state index contributed by atoms with van der Waals surface area (Å²) < 4.78 is 0. The molecule has 0 unspecified atom stereocenters. The molecule has 0 fully saturated rings. The molecule has 0 radical (unpaired) electrons. The quantitative estimate of drug-likeness (QED) is 0.892. The lowest BCUT2D eigenvalue weighted by Gasteiger charge is -2.07. The summed E-state index contributed by atoms with van der Waals surface area (Å²) in [5.74, 6) is -0.128. The zero-order valence-corrected chi connectivity index (χ0v) is 12.9. The molecule has 0 saturated carbocycles. The third kappa shape index (κ3) is 3.24. The van der Waals surface area contributed by atoms with Crippen LogP contribution in [0.15, 0.2) is 24.4 Å². The van der Waals surface area contributed by atoms with Crippen LogP contribution in [-0.4, -0.2) is 17.4 Å². The molecule has 0 aromatic carbocycles. The Balaban J connectivity index is 1.64. The molecule has 0 aliphatic heterocycles. The van der Waals surface area contributed by atoms with Crippen LogP contribution in [0.5, 0.6) is 0 Å². The van der Waals surface area contributed by atoms with E-state index in [4.69, 9.17) is 0 Å². The number of nitrogens with zero attached hydrogens (tertiary/aromatic N) is 1. The van der Waals surface area contributed by atoms with Crippen LogP contribution >= 0.6 is 11.3 Å². The summed E-state index contributed by atoms with van der Waals surface area (Å²) >= 11 is 1.90. The smallest absolute Gasteiger partial charge is 0.269 e. The Bertz CT molecular complexity index is 629. The van der Waals surface area contributed by atoms with E-state index in [0.29, 0.717) is 12.2 Å². The maximum Gasteiger partial charge on any atom is 0.269 e. The SMILES string of the molecule is CCNC(=O)c1cc(NCc2cc3c(s2)CCC3)ccn1. The molecule has 2 aromatic rings. The molecule has 2 heterocycles. The molecule has 0 saturated heterocycles. The first-order valence-electron chi connectivity index (χ1n) is 7.35. The second kappa shape index (κ2) is 6.26. The number of aromatic nitrogens is 1. The number of carbonyl (C=O) groups is 1. The van der Waals surface area contributed by atoms with E-state index >= 15 is 0 Å². The fourth-order valence-electron chi connectivity index (χ4n) is 2.58. The van der Waals surface area contributed by atoms with E-state index in [1.54, 1.807) is 17.1 Å². The topological polar surface area (TPSA) is 54.0 Å². The summed E-state index contributed by atoms with van der Waals surface area (Å²) in [6.07, 6.45) is 5.43. The summed E-state index contributed by atoms with van der Waals surface area (Å²) in [5.41, 5.74) is 2.91. The van der Waals surface area contributed by atoms with Crippen molar-refractivity contribution < 1.29 is 4.79 Å². The van der Waals surface area contributed by atoms with Gasteiger partial charge in [-0.15, -0.1) is 11.3 Å². The number of hydrogen-bond donors (Lipinski definition) is 2. The van der Waals surface area contributed by atoms with Crippen molar-refractivity contribution in [2.75, 3.05) is 11.9 Å². The number of thiophene rings is 1. The van der Waals surface area contributed by atoms with Gasteiger partial charge in [-0.25, -0.2) is 0 Å². The molecule has 0 atom stereocenters. The summed E-state index contributed by atoms with van der Waals surface area (Å²) in [6.45, 7) is 3.31. The molecular formula is C16H19N3OS. The van der Waals surface area contributed by atoms with Gasteiger partial charge >= 0.3 is 0 Å². The molecule has 110 valence electrons. The van der Waals surface area contributed by atoms with Crippen molar-refractivity contribution in [3.05, 3.63) is 45.4 Å². The Kier molecular flexibility index (Phi) is 4.20. The summed E-state index contributed by atoms with van der Waals surface area (Å²) in [6, 6.07) is 6.00. The van der Waals surface area contributed by atoms with Crippen molar-refractivity contribution >= 4 is 22.9 Å². The average molecular weight is 301 g/mol. The number of hydrogen-bond acceptors (Lipinski definition) is 4. The van der Waals surface area contributed by atoms with Crippen LogP contribution < -0.4 is 10.6 Å². The number of rotatable bonds is 5. The summed E-state index contributed by atoms with van der Waals surface area (Å²) in [7, 11) is 0. The lowest BCUT2D eigenvalue weighted by atomic mass is 10.2. The minimum absolute atomic E-state index is 0.128. The van der Waals surface area contributed by atoms with Gasteiger partial charge in [0.2, 0.25) is 0 Å². The molecule has 2 N–H and O–H groups in total. The van der Waals surface area contributed by atoms with E-state index in [9.17, 15) is 4.79 Å². The van der Waals surface area contributed by atoms with E-state index in [-0.39, 0.29) is 5.91 Å². The second-order valence-electron chi connectivity index (χ2n) is 5.16. The maximum atomic E-state index is 11.8. The Morgan fingerprint density at radius 1 is 1.38 bits per heavy atom. The van der Waals surface area contributed by atoms with Crippen molar-refractivity contribution in [1.82, 2.24) is 10.3 Å². The van der Waals surface area contributed by atoms with Gasteiger partial charge in [0.05, 0.1) is 0 Å². The number of pyridine rings is 1. The molecule has 5 heteroatoms. The van der Waals surface area contributed by atoms with Gasteiger partial charge in [0.15, 0.2) is 0 Å². The first kappa shape index (κ1) is 14.1. The highest BCUT2D eigenvalue weighted by Gasteiger charge is 2.14. The van der Waals surface area contributed by atoms with E-state index in [2.05, 4.69) is 21.7 Å². The van der Waals surface area contributed by atoms with Gasteiger partial charge in [0, 0.05) is 34.7 Å². The Labute approximate surface area is 128 Å². The molecular weight excluding hydrogens is 282 g/mol. The number of anilines is 1. The van der Waals surface area contributed by atoms with Crippen molar-refractivity contribution in [2.45, 2.75) is 32.7 Å². The number of aryl methyl sites for hydroxylation is 2. The minimum atomic E-state index is -0.128. The summed E-state index contributed by atoms with van der Waals surface area (Å²) in [5, 5.41) is 6.14. The van der Waals surface area contributed by atoms with Crippen LogP contribution in [-0.2, 0) is 19.4 Å². The van der Waals surface area contributed by atoms with Gasteiger partial charge in [0.25, 0.3) is 5.91 Å². The fraction of sp³-hybridized carbons (Fsp3) is 0.375. The zero-order valence-electron chi connectivity index (χ0n) is 12.1. The largest absolute Gasteiger partial charge is 0.380 e. The highest BCUT2D eigenvalue weighted by atomic mass is 32.1. The van der Waals surface area contributed by atoms with E-state index in [1.807, 2.05) is 24.3 Å². The second-order valence-corrected chi connectivity index (χ2v) is 6.38. The van der Waals surface area contributed by atoms with Crippen LogP contribution in [0.4, 0.5) is 5.69 Å².